The Balaban J connectivity index is 1.56. The molecule has 1 fully saturated rings. The Morgan fingerprint density at radius 1 is 1.33 bits per heavy atom. The number of hydrogen-bond donors (Lipinski definition) is 1. The van der Waals surface area contributed by atoms with Crippen LogP contribution in [0.1, 0.15) is 12.1 Å². The van der Waals surface area contributed by atoms with Crippen molar-refractivity contribution in [3.8, 4) is 6.07 Å². The van der Waals surface area contributed by atoms with E-state index in [4.69, 9.17) is 5.26 Å². The summed E-state index contributed by atoms with van der Waals surface area (Å²) in [4.78, 5) is 20.7. The Morgan fingerprint density at radius 2 is 2.25 bits per heavy atom. The standard InChI is InChI=1S/C17H17N7/c1-23(15-4-2-3-12(9-18)22-15)13-6-8-24(10-13)17-14-5-7-19-16(14)20-11-21-17/h2-5,7,11,13H,6,8,10H2,1H3,(H,19,20,21). The van der Waals surface area contributed by atoms with Gasteiger partial charge in [0.25, 0.3) is 0 Å². The van der Waals surface area contributed by atoms with Crippen LogP contribution in [0.4, 0.5) is 11.6 Å². The SMILES string of the molecule is CN(c1cccc(C#N)n1)C1CCN(c2ncnc3[nH]ccc23)C1. The number of pyridine rings is 1. The van der Waals surface area contributed by atoms with E-state index in [0.29, 0.717) is 11.7 Å². The van der Waals surface area contributed by atoms with E-state index in [2.05, 4.69) is 35.8 Å². The summed E-state index contributed by atoms with van der Waals surface area (Å²) >= 11 is 0. The number of hydrogen-bond acceptors (Lipinski definition) is 6. The van der Waals surface area contributed by atoms with E-state index in [1.807, 2.05) is 31.4 Å². The number of fused-ring (bicyclic) bond motifs is 1. The predicted octanol–water partition coefficient (Wildman–Crippen LogP) is 1.94. The minimum absolute atomic E-state index is 0.329. The zero-order valence-electron chi connectivity index (χ0n) is 13.3. The van der Waals surface area contributed by atoms with Gasteiger partial charge in [-0.25, -0.2) is 15.0 Å². The maximum absolute atomic E-state index is 9.02. The molecule has 0 spiro atoms. The van der Waals surface area contributed by atoms with Gasteiger partial charge in [0.2, 0.25) is 0 Å². The van der Waals surface area contributed by atoms with E-state index in [9.17, 15) is 0 Å². The average molecular weight is 319 g/mol. The third-order valence-electron chi connectivity index (χ3n) is 4.55. The fourth-order valence-corrected chi connectivity index (χ4v) is 3.23. The van der Waals surface area contributed by atoms with E-state index in [-0.39, 0.29) is 0 Å². The zero-order chi connectivity index (χ0) is 16.5. The van der Waals surface area contributed by atoms with Gasteiger partial charge < -0.3 is 14.8 Å². The third-order valence-corrected chi connectivity index (χ3v) is 4.55. The molecule has 1 N–H and O–H groups in total. The van der Waals surface area contributed by atoms with Crippen LogP contribution in [0.3, 0.4) is 0 Å². The second-order valence-electron chi connectivity index (χ2n) is 5.93. The van der Waals surface area contributed by atoms with Crippen molar-refractivity contribution in [1.29, 1.82) is 5.26 Å². The van der Waals surface area contributed by atoms with Gasteiger partial charge in [0.05, 0.1) is 5.39 Å². The lowest BCUT2D eigenvalue weighted by molar-refractivity contribution is 0.684. The number of nitriles is 1. The third kappa shape index (κ3) is 2.42. The van der Waals surface area contributed by atoms with Gasteiger partial charge in [-0.05, 0) is 24.6 Å². The molecule has 4 heterocycles. The smallest absolute Gasteiger partial charge is 0.142 e. The van der Waals surface area contributed by atoms with Gasteiger partial charge in [0.15, 0.2) is 0 Å². The topological polar surface area (TPSA) is 84.7 Å². The molecule has 24 heavy (non-hydrogen) atoms. The molecule has 3 aromatic heterocycles. The Labute approximate surface area is 139 Å². The van der Waals surface area contributed by atoms with Crippen LogP contribution in [0.25, 0.3) is 11.0 Å². The van der Waals surface area contributed by atoms with Gasteiger partial charge in [0, 0.05) is 32.4 Å². The summed E-state index contributed by atoms with van der Waals surface area (Å²) in [6, 6.07) is 9.98. The summed E-state index contributed by atoms with van der Waals surface area (Å²) in [5.74, 6) is 1.80. The predicted molar refractivity (Wildman–Crippen MR) is 91.9 cm³/mol. The molecule has 1 saturated heterocycles. The first-order chi connectivity index (χ1) is 11.8. The first-order valence-electron chi connectivity index (χ1n) is 7.89. The molecule has 7 heteroatoms. The first kappa shape index (κ1) is 14.5. The highest BCUT2D eigenvalue weighted by atomic mass is 15.3. The molecule has 7 nitrogen and oxygen atoms in total. The number of anilines is 2. The summed E-state index contributed by atoms with van der Waals surface area (Å²) in [6.45, 7) is 1.80. The minimum Gasteiger partial charge on any atom is -0.355 e. The molecule has 0 bridgehead atoms. The molecule has 1 unspecified atom stereocenters. The van der Waals surface area contributed by atoms with Crippen LogP contribution in [-0.4, -0.2) is 46.1 Å². The maximum atomic E-state index is 9.02. The van der Waals surface area contributed by atoms with Crippen LogP contribution in [0, 0.1) is 11.3 Å². The van der Waals surface area contributed by atoms with Crippen LogP contribution in [0.15, 0.2) is 36.8 Å². The van der Waals surface area contributed by atoms with E-state index >= 15 is 0 Å². The normalized spacial score (nSPS) is 17.2. The summed E-state index contributed by atoms with van der Waals surface area (Å²) in [6.07, 6.45) is 4.51. The van der Waals surface area contributed by atoms with Gasteiger partial charge in [-0.1, -0.05) is 6.07 Å². The first-order valence-corrected chi connectivity index (χ1v) is 7.89. The highest BCUT2D eigenvalue weighted by molar-refractivity contribution is 5.87. The molecule has 0 aromatic carbocycles. The van der Waals surface area contributed by atoms with Crippen LogP contribution in [0.5, 0.6) is 0 Å². The van der Waals surface area contributed by atoms with E-state index in [0.717, 1.165) is 42.2 Å². The van der Waals surface area contributed by atoms with Crippen LogP contribution in [0.2, 0.25) is 0 Å². The van der Waals surface area contributed by atoms with Gasteiger partial charge in [0.1, 0.15) is 35.4 Å². The summed E-state index contributed by atoms with van der Waals surface area (Å²) in [7, 11) is 2.03. The molecule has 1 aliphatic rings. The minimum atomic E-state index is 0.329. The average Bonchev–Trinajstić information content (AvgIpc) is 3.30. The molecule has 120 valence electrons. The quantitative estimate of drug-likeness (QED) is 0.794. The highest BCUT2D eigenvalue weighted by Crippen LogP contribution is 2.28. The lowest BCUT2D eigenvalue weighted by atomic mass is 10.2. The molecule has 0 aliphatic carbocycles. The molecule has 4 rings (SSSR count). The van der Waals surface area contributed by atoms with Crippen molar-refractivity contribution < 1.29 is 0 Å². The van der Waals surface area contributed by atoms with Gasteiger partial charge in [-0.2, -0.15) is 5.26 Å². The van der Waals surface area contributed by atoms with Gasteiger partial charge in [-0.3, -0.25) is 0 Å². The number of rotatable bonds is 3. The number of nitrogens with one attached hydrogen (secondary N) is 1. The largest absolute Gasteiger partial charge is 0.355 e. The fourth-order valence-electron chi connectivity index (χ4n) is 3.23. The number of aromatic nitrogens is 4. The van der Waals surface area contributed by atoms with Crippen molar-refractivity contribution in [1.82, 2.24) is 19.9 Å². The lowest BCUT2D eigenvalue weighted by Crippen LogP contribution is -2.35. The van der Waals surface area contributed by atoms with Crippen LogP contribution >= 0.6 is 0 Å². The Kier molecular flexibility index (Phi) is 3.50. The summed E-state index contributed by atoms with van der Waals surface area (Å²) < 4.78 is 0. The number of nitrogens with zero attached hydrogens (tertiary/aromatic N) is 6. The Bertz CT molecular complexity index is 910. The van der Waals surface area contributed by atoms with Gasteiger partial charge >= 0.3 is 0 Å². The molecule has 1 atom stereocenters. The molecular weight excluding hydrogens is 302 g/mol. The van der Waals surface area contributed by atoms with Crippen LogP contribution < -0.4 is 9.80 Å². The van der Waals surface area contributed by atoms with Crippen molar-refractivity contribution in [2.75, 3.05) is 29.9 Å². The second kappa shape index (κ2) is 5.81. The van der Waals surface area contributed by atoms with Crippen molar-refractivity contribution >= 4 is 22.7 Å². The molecule has 0 radical (unpaired) electrons. The van der Waals surface area contributed by atoms with E-state index in [1.54, 1.807) is 12.4 Å². The Hall–Kier alpha value is -3.14. The van der Waals surface area contributed by atoms with E-state index < -0.39 is 0 Å². The summed E-state index contributed by atoms with van der Waals surface area (Å²) in [5.41, 5.74) is 1.30. The fraction of sp³-hybridized carbons (Fsp3) is 0.294. The maximum Gasteiger partial charge on any atom is 0.142 e. The van der Waals surface area contributed by atoms with Crippen molar-refractivity contribution in [2.24, 2.45) is 0 Å². The molecule has 1 aliphatic heterocycles. The molecule has 0 amide bonds. The van der Waals surface area contributed by atoms with Crippen molar-refractivity contribution in [3.05, 3.63) is 42.5 Å². The molecule has 3 aromatic rings. The second-order valence-corrected chi connectivity index (χ2v) is 5.93. The van der Waals surface area contributed by atoms with E-state index in [1.165, 1.54) is 0 Å². The van der Waals surface area contributed by atoms with Gasteiger partial charge in [-0.15, -0.1) is 0 Å². The van der Waals surface area contributed by atoms with Crippen molar-refractivity contribution in [3.63, 3.8) is 0 Å². The highest BCUT2D eigenvalue weighted by Gasteiger charge is 2.28. The number of likely N-dealkylation sites (N-methyl/N-ethyl adjacent to an activating group) is 1. The lowest BCUT2D eigenvalue weighted by Gasteiger charge is -2.26. The zero-order valence-corrected chi connectivity index (χ0v) is 13.3. The van der Waals surface area contributed by atoms with Crippen LogP contribution in [-0.2, 0) is 0 Å². The summed E-state index contributed by atoms with van der Waals surface area (Å²) in [5, 5.41) is 10.1. The monoisotopic (exact) mass is 319 g/mol. The van der Waals surface area contributed by atoms with Crippen molar-refractivity contribution in [2.45, 2.75) is 12.5 Å². The number of aromatic amines is 1. The number of H-pyrrole nitrogens is 1. The molecule has 0 saturated carbocycles. The molecular formula is C17H17N7. The Morgan fingerprint density at radius 3 is 3.12 bits per heavy atom.